The minimum Gasteiger partial charge on any atom is -0.476 e. The second kappa shape index (κ2) is 8.16. The van der Waals surface area contributed by atoms with Crippen molar-refractivity contribution in [3.63, 3.8) is 0 Å². The van der Waals surface area contributed by atoms with Gasteiger partial charge >= 0.3 is 5.97 Å². The van der Waals surface area contributed by atoms with Gasteiger partial charge in [0.2, 0.25) is 5.91 Å². The zero-order valence-corrected chi connectivity index (χ0v) is 15.0. The molecule has 0 spiro atoms. The van der Waals surface area contributed by atoms with Crippen molar-refractivity contribution in [1.29, 1.82) is 0 Å². The van der Waals surface area contributed by atoms with E-state index in [1.165, 1.54) is 16.9 Å². The largest absolute Gasteiger partial charge is 0.476 e. The number of nitrogens with zero attached hydrogens (tertiary/aromatic N) is 4. The second-order valence-electron chi connectivity index (χ2n) is 5.84. The molecule has 0 bridgehead atoms. The monoisotopic (exact) mass is 382 g/mol. The molecule has 0 aliphatic rings. The highest BCUT2D eigenvalue weighted by molar-refractivity contribution is 6.03. The number of nitrogens with one attached hydrogen (secondary N) is 2. The number of hydrogen-bond acceptors (Lipinski definition) is 5. The number of carboxylic acids is 1. The molecule has 144 valence electrons. The molecule has 0 atom stereocenters. The second-order valence-corrected chi connectivity index (χ2v) is 5.84. The standard InChI is InChI=1S/C18H18N6O4/c1-2-23-8-6-14(21-23)17(26)20-13-5-3-4-12(10-13)19-16(25)11-24-9-7-15(22-24)18(27)28/h3-10H,2,11H2,1H3,(H,19,25)(H,20,26)(H,27,28). The number of rotatable bonds is 7. The van der Waals surface area contributed by atoms with Gasteiger partial charge in [-0.05, 0) is 37.3 Å². The summed E-state index contributed by atoms with van der Waals surface area (Å²) >= 11 is 0. The highest BCUT2D eigenvalue weighted by atomic mass is 16.4. The van der Waals surface area contributed by atoms with Crippen LogP contribution in [0.3, 0.4) is 0 Å². The van der Waals surface area contributed by atoms with Gasteiger partial charge in [-0.15, -0.1) is 0 Å². The summed E-state index contributed by atoms with van der Waals surface area (Å²) in [6.45, 7) is 2.45. The lowest BCUT2D eigenvalue weighted by molar-refractivity contribution is -0.116. The first kappa shape index (κ1) is 18.8. The van der Waals surface area contributed by atoms with E-state index in [0.717, 1.165) is 0 Å². The molecule has 0 aliphatic heterocycles. The van der Waals surface area contributed by atoms with E-state index in [2.05, 4.69) is 20.8 Å². The lowest BCUT2D eigenvalue weighted by Gasteiger charge is -2.08. The van der Waals surface area contributed by atoms with Crippen LogP contribution in [0.4, 0.5) is 11.4 Å². The number of carbonyl (C=O) groups excluding carboxylic acids is 2. The third-order valence-electron chi connectivity index (χ3n) is 3.77. The number of hydrogen-bond donors (Lipinski definition) is 3. The number of aryl methyl sites for hydroxylation is 1. The van der Waals surface area contributed by atoms with Crippen LogP contribution in [0, 0.1) is 0 Å². The summed E-state index contributed by atoms with van der Waals surface area (Å²) in [5, 5.41) is 22.2. The fourth-order valence-electron chi connectivity index (χ4n) is 2.44. The van der Waals surface area contributed by atoms with Gasteiger partial charge in [-0.2, -0.15) is 10.2 Å². The van der Waals surface area contributed by atoms with Gasteiger partial charge in [0.15, 0.2) is 11.4 Å². The fraction of sp³-hybridized carbons (Fsp3) is 0.167. The fourth-order valence-corrected chi connectivity index (χ4v) is 2.44. The van der Waals surface area contributed by atoms with Gasteiger partial charge < -0.3 is 15.7 Å². The highest BCUT2D eigenvalue weighted by Crippen LogP contribution is 2.16. The van der Waals surface area contributed by atoms with Crippen LogP contribution < -0.4 is 10.6 Å². The predicted octanol–water partition coefficient (Wildman–Crippen LogP) is 1.69. The van der Waals surface area contributed by atoms with Gasteiger partial charge in [0, 0.05) is 30.3 Å². The molecule has 28 heavy (non-hydrogen) atoms. The Hall–Kier alpha value is -3.95. The summed E-state index contributed by atoms with van der Waals surface area (Å²) in [7, 11) is 0. The van der Waals surface area contributed by atoms with Crippen LogP contribution in [0.1, 0.15) is 27.9 Å². The van der Waals surface area contributed by atoms with Crippen LogP contribution in [-0.2, 0) is 17.9 Å². The van der Waals surface area contributed by atoms with E-state index in [0.29, 0.717) is 23.6 Å². The molecule has 3 rings (SSSR count). The summed E-state index contributed by atoms with van der Waals surface area (Å²) in [4.78, 5) is 35.2. The molecule has 0 saturated carbocycles. The van der Waals surface area contributed by atoms with E-state index in [1.807, 2.05) is 6.92 Å². The first-order valence-electron chi connectivity index (χ1n) is 8.46. The van der Waals surface area contributed by atoms with Crippen molar-refractivity contribution in [2.75, 3.05) is 10.6 Å². The van der Waals surface area contributed by atoms with Gasteiger partial charge in [-0.25, -0.2) is 4.79 Å². The number of benzene rings is 1. The van der Waals surface area contributed by atoms with Crippen LogP contribution in [0.5, 0.6) is 0 Å². The first-order chi connectivity index (χ1) is 13.4. The van der Waals surface area contributed by atoms with Crippen LogP contribution in [-0.4, -0.2) is 42.5 Å². The summed E-state index contributed by atoms with van der Waals surface area (Å²) < 4.78 is 2.88. The molecule has 3 aromatic rings. The molecule has 0 radical (unpaired) electrons. The van der Waals surface area contributed by atoms with E-state index in [1.54, 1.807) is 41.2 Å². The SMILES string of the molecule is CCn1ccc(C(=O)Nc2cccc(NC(=O)Cn3ccc(C(=O)O)n3)c2)n1. The van der Waals surface area contributed by atoms with E-state index in [-0.39, 0.29) is 24.1 Å². The normalized spacial score (nSPS) is 10.5. The van der Waals surface area contributed by atoms with Crippen LogP contribution >= 0.6 is 0 Å². The van der Waals surface area contributed by atoms with E-state index in [9.17, 15) is 14.4 Å². The molecule has 1 aromatic carbocycles. The minimum atomic E-state index is -1.16. The molecule has 2 aromatic heterocycles. The van der Waals surface area contributed by atoms with Crippen LogP contribution in [0.15, 0.2) is 48.8 Å². The van der Waals surface area contributed by atoms with Gasteiger partial charge in [-0.3, -0.25) is 19.0 Å². The number of aromatic carboxylic acids is 1. The Balaban J connectivity index is 1.61. The summed E-state index contributed by atoms with van der Waals surface area (Å²) in [6, 6.07) is 9.60. The van der Waals surface area contributed by atoms with Crippen molar-refractivity contribution in [2.24, 2.45) is 0 Å². The Labute approximate surface area is 159 Å². The van der Waals surface area contributed by atoms with Gasteiger partial charge in [0.05, 0.1) is 0 Å². The van der Waals surface area contributed by atoms with E-state index >= 15 is 0 Å². The number of anilines is 2. The molecule has 10 heteroatoms. The highest BCUT2D eigenvalue weighted by Gasteiger charge is 2.12. The van der Waals surface area contributed by atoms with Crippen molar-refractivity contribution in [1.82, 2.24) is 19.6 Å². The number of aromatic nitrogens is 4. The van der Waals surface area contributed by atoms with Crippen molar-refractivity contribution in [3.05, 3.63) is 60.2 Å². The number of carbonyl (C=O) groups is 3. The molecule has 0 unspecified atom stereocenters. The number of amides is 2. The quantitative estimate of drug-likeness (QED) is 0.570. The molecule has 2 heterocycles. The van der Waals surface area contributed by atoms with Crippen molar-refractivity contribution < 1.29 is 19.5 Å². The molecule has 0 aliphatic carbocycles. The van der Waals surface area contributed by atoms with Gasteiger partial charge in [0.25, 0.3) is 5.91 Å². The topological polar surface area (TPSA) is 131 Å². The summed E-state index contributed by atoms with van der Waals surface area (Å²) in [5.41, 5.74) is 1.14. The van der Waals surface area contributed by atoms with Crippen molar-refractivity contribution in [3.8, 4) is 0 Å². The lowest BCUT2D eigenvalue weighted by atomic mass is 10.2. The molecule has 2 amide bonds. The lowest BCUT2D eigenvalue weighted by Crippen LogP contribution is -2.19. The molecule has 3 N–H and O–H groups in total. The summed E-state index contributed by atoms with van der Waals surface area (Å²) in [6.07, 6.45) is 3.13. The molecule has 10 nitrogen and oxygen atoms in total. The van der Waals surface area contributed by atoms with E-state index < -0.39 is 5.97 Å². The summed E-state index contributed by atoms with van der Waals surface area (Å²) in [5.74, 6) is -1.90. The molecular weight excluding hydrogens is 364 g/mol. The van der Waals surface area contributed by atoms with E-state index in [4.69, 9.17) is 5.11 Å². The maximum absolute atomic E-state index is 12.2. The first-order valence-corrected chi connectivity index (χ1v) is 8.46. The minimum absolute atomic E-state index is 0.136. The molecule has 0 fully saturated rings. The third kappa shape index (κ3) is 4.61. The zero-order valence-electron chi connectivity index (χ0n) is 15.0. The average Bonchev–Trinajstić information content (AvgIpc) is 3.31. The smallest absolute Gasteiger partial charge is 0.356 e. The van der Waals surface area contributed by atoms with Crippen LogP contribution in [0.2, 0.25) is 0 Å². The molecular formula is C18H18N6O4. The van der Waals surface area contributed by atoms with Crippen molar-refractivity contribution >= 4 is 29.2 Å². The average molecular weight is 382 g/mol. The maximum atomic E-state index is 12.2. The van der Waals surface area contributed by atoms with Gasteiger partial charge in [-0.1, -0.05) is 6.07 Å². The third-order valence-corrected chi connectivity index (χ3v) is 3.77. The molecule has 0 saturated heterocycles. The Kier molecular flexibility index (Phi) is 5.49. The Morgan fingerprint density at radius 1 is 0.964 bits per heavy atom. The maximum Gasteiger partial charge on any atom is 0.356 e. The van der Waals surface area contributed by atoms with Crippen LogP contribution in [0.25, 0.3) is 0 Å². The van der Waals surface area contributed by atoms with Gasteiger partial charge in [0.1, 0.15) is 6.54 Å². The predicted molar refractivity (Wildman–Crippen MR) is 100 cm³/mol. The Bertz CT molecular complexity index is 1020. The van der Waals surface area contributed by atoms with Crippen molar-refractivity contribution in [2.45, 2.75) is 20.0 Å². The Morgan fingerprint density at radius 2 is 1.61 bits per heavy atom. The number of carboxylic acid groups (broad SMARTS) is 1. The Morgan fingerprint density at radius 3 is 2.25 bits per heavy atom. The zero-order chi connectivity index (χ0) is 20.1.